The quantitative estimate of drug-likeness (QED) is 0.670. The number of nitrogens with zero attached hydrogens (tertiary/aromatic N) is 2. The Bertz CT molecular complexity index is 866. The second-order valence-electron chi connectivity index (χ2n) is 5.50. The fourth-order valence-electron chi connectivity index (χ4n) is 2.74. The Labute approximate surface area is 137 Å². The van der Waals surface area contributed by atoms with Crippen molar-refractivity contribution in [2.24, 2.45) is 4.99 Å². The minimum Gasteiger partial charge on any atom is -0.494 e. The third-order valence-electron chi connectivity index (χ3n) is 3.95. The zero-order valence-electron chi connectivity index (χ0n) is 12.3. The molecule has 2 aromatic rings. The van der Waals surface area contributed by atoms with E-state index in [-0.39, 0.29) is 22.1 Å². The first kappa shape index (κ1) is 15.6. The van der Waals surface area contributed by atoms with E-state index in [2.05, 4.69) is 9.98 Å². The molecule has 0 spiro atoms. The van der Waals surface area contributed by atoms with Crippen molar-refractivity contribution in [2.75, 3.05) is 0 Å². The summed E-state index contributed by atoms with van der Waals surface area (Å²) in [6.45, 7) is 0. The molecule has 5 nitrogen and oxygen atoms in total. The minimum absolute atomic E-state index is 0.0197. The Morgan fingerprint density at radius 2 is 2.04 bits per heavy atom. The second kappa shape index (κ2) is 6.45. The molecule has 1 fully saturated rings. The lowest BCUT2D eigenvalue weighted by atomic mass is 10.2. The first-order valence-corrected chi connectivity index (χ1v) is 7.85. The molecule has 1 aliphatic carbocycles. The van der Waals surface area contributed by atoms with Crippen LogP contribution in [0.4, 0.5) is 4.39 Å². The Morgan fingerprint density at radius 1 is 1.35 bits per heavy atom. The predicted molar refractivity (Wildman–Crippen MR) is 88.7 cm³/mol. The summed E-state index contributed by atoms with van der Waals surface area (Å²) in [6, 6.07) is 6.05. The van der Waals surface area contributed by atoms with Crippen molar-refractivity contribution < 1.29 is 9.50 Å². The molecule has 1 heterocycles. The molecule has 7 heteroatoms. The van der Waals surface area contributed by atoms with Crippen LogP contribution in [0.5, 0.6) is 5.88 Å². The molecular weight excluding hydrogens is 317 g/mol. The summed E-state index contributed by atoms with van der Waals surface area (Å²) in [5.74, 6) is -0.963. The number of hydrogen-bond acceptors (Lipinski definition) is 4. The molecule has 1 aromatic carbocycles. The highest BCUT2D eigenvalue weighted by Gasteiger charge is 2.17. The Morgan fingerprint density at radius 3 is 2.74 bits per heavy atom. The van der Waals surface area contributed by atoms with Crippen molar-refractivity contribution in [3.05, 3.63) is 50.8 Å². The molecule has 0 aliphatic heterocycles. The Hall–Kier alpha value is -2.28. The summed E-state index contributed by atoms with van der Waals surface area (Å²) >= 11 is 5.06. The standard InChI is InChI=1S/C16H16FN3O2S/c17-12-7-3-4-8-13(12)20-15(22)11(14(21)19-16(20)23)9-18-10-5-1-2-6-10/h3-4,7-10,22H,1-2,5-6H2,(H,19,21,23). The van der Waals surface area contributed by atoms with Gasteiger partial charge in [0.25, 0.3) is 5.56 Å². The number of aromatic nitrogens is 2. The molecule has 2 N–H and O–H groups in total. The van der Waals surface area contributed by atoms with Gasteiger partial charge in [-0.15, -0.1) is 0 Å². The van der Waals surface area contributed by atoms with Crippen LogP contribution in [-0.2, 0) is 0 Å². The fourth-order valence-corrected chi connectivity index (χ4v) is 3.02. The van der Waals surface area contributed by atoms with Crippen molar-refractivity contribution >= 4 is 18.4 Å². The Balaban J connectivity index is 2.11. The number of para-hydroxylation sites is 1. The van der Waals surface area contributed by atoms with E-state index in [0.29, 0.717) is 0 Å². The molecule has 0 atom stereocenters. The van der Waals surface area contributed by atoms with Crippen molar-refractivity contribution in [3.63, 3.8) is 0 Å². The van der Waals surface area contributed by atoms with E-state index in [1.54, 1.807) is 6.07 Å². The number of rotatable bonds is 3. The first-order chi connectivity index (χ1) is 11.1. The molecule has 0 amide bonds. The average molecular weight is 333 g/mol. The fraction of sp³-hybridized carbons (Fsp3) is 0.312. The van der Waals surface area contributed by atoms with Crippen molar-refractivity contribution in [1.82, 2.24) is 9.55 Å². The van der Waals surface area contributed by atoms with Crippen LogP contribution in [0.3, 0.4) is 0 Å². The highest BCUT2D eigenvalue weighted by atomic mass is 32.1. The summed E-state index contributed by atoms with van der Waals surface area (Å²) in [5, 5.41) is 10.4. The van der Waals surface area contributed by atoms with Gasteiger partial charge in [0.15, 0.2) is 4.77 Å². The van der Waals surface area contributed by atoms with Crippen LogP contribution in [0.15, 0.2) is 34.1 Å². The third kappa shape index (κ3) is 3.10. The largest absolute Gasteiger partial charge is 0.494 e. The van der Waals surface area contributed by atoms with Crippen LogP contribution in [0, 0.1) is 10.6 Å². The van der Waals surface area contributed by atoms with E-state index in [1.807, 2.05) is 0 Å². The van der Waals surface area contributed by atoms with Crippen molar-refractivity contribution in [3.8, 4) is 11.6 Å². The molecule has 0 unspecified atom stereocenters. The maximum atomic E-state index is 14.0. The lowest BCUT2D eigenvalue weighted by molar-refractivity contribution is 0.429. The average Bonchev–Trinajstić information content (AvgIpc) is 3.02. The Kier molecular flexibility index (Phi) is 4.38. The van der Waals surface area contributed by atoms with Gasteiger partial charge in [0.2, 0.25) is 5.88 Å². The SMILES string of the molecule is O=c1[nH]c(=S)n(-c2ccccc2F)c(O)c1C=NC1CCCC1. The highest BCUT2D eigenvalue weighted by Crippen LogP contribution is 2.23. The molecule has 23 heavy (non-hydrogen) atoms. The van der Waals surface area contributed by atoms with E-state index in [0.717, 1.165) is 30.3 Å². The summed E-state index contributed by atoms with van der Waals surface area (Å²) in [4.78, 5) is 18.9. The van der Waals surface area contributed by atoms with Gasteiger partial charge in [-0.3, -0.25) is 19.3 Å². The number of halogens is 1. The number of nitrogens with one attached hydrogen (secondary N) is 1. The highest BCUT2D eigenvalue weighted by molar-refractivity contribution is 7.71. The molecule has 1 aliphatic rings. The molecule has 0 bridgehead atoms. The third-order valence-corrected chi connectivity index (χ3v) is 4.24. The van der Waals surface area contributed by atoms with Gasteiger partial charge < -0.3 is 5.11 Å². The number of aromatic amines is 1. The number of hydrogen-bond donors (Lipinski definition) is 2. The summed E-state index contributed by atoms with van der Waals surface area (Å²) in [5.41, 5.74) is -0.489. The summed E-state index contributed by atoms with van der Waals surface area (Å²) in [6.07, 6.45) is 5.54. The van der Waals surface area contributed by atoms with Gasteiger partial charge >= 0.3 is 0 Å². The van der Waals surface area contributed by atoms with Crippen LogP contribution in [-0.4, -0.2) is 26.9 Å². The molecule has 120 valence electrons. The zero-order chi connectivity index (χ0) is 16.4. The molecular formula is C16H16FN3O2S. The van der Waals surface area contributed by atoms with Crippen molar-refractivity contribution in [1.29, 1.82) is 0 Å². The molecule has 0 saturated heterocycles. The van der Waals surface area contributed by atoms with Crippen LogP contribution in [0.25, 0.3) is 5.69 Å². The number of benzene rings is 1. The normalized spacial score (nSPS) is 15.5. The van der Waals surface area contributed by atoms with Gasteiger partial charge in [0.1, 0.15) is 11.4 Å². The second-order valence-corrected chi connectivity index (χ2v) is 5.89. The maximum Gasteiger partial charge on any atom is 0.264 e. The topological polar surface area (TPSA) is 70.4 Å². The number of aliphatic imine (C=N–C) groups is 1. The van der Waals surface area contributed by atoms with E-state index in [9.17, 15) is 14.3 Å². The van der Waals surface area contributed by atoms with Gasteiger partial charge in [-0.2, -0.15) is 0 Å². The maximum absolute atomic E-state index is 14.0. The number of H-pyrrole nitrogens is 1. The van der Waals surface area contributed by atoms with Gasteiger partial charge in [0, 0.05) is 12.3 Å². The summed E-state index contributed by atoms with van der Waals surface area (Å²) in [7, 11) is 0. The van der Waals surface area contributed by atoms with Crippen LogP contribution in [0.2, 0.25) is 0 Å². The molecule has 1 saturated carbocycles. The predicted octanol–water partition coefficient (Wildman–Crippen LogP) is 3.10. The van der Waals surface area contributed by atoms with Gasteiger partial charge in [-0.25, -0.2) is 4.39 Å². The van der Waals surface area contributed by atoms with Crippen LogP contribution in [0.1, 0.15) is 31.2 Å². The smallest absolute Gasteiger partial charge is 0.264 e. The lowest BCUT2D eigenvalue weighted by Crippen LogP contribution is -2.19. The van der Waals surface area contributed by atoms with E-state index < -0.39 is 17.3 Å². The molecule has 1 aromatic heterocycles. The zero-order valence-corrected chi connectivity index (χ0v) is 13.1. The molecule has 0 radical (unpaired) electrons. The monoisotopic (exact) mass is 333 g/mol. The van der Waals surface area contributed by atoms with Crippen molar-refractivity contribution in [2.45, 2.75) is 31.7 Å². The van der Waals surface area contributed by atoms with E-state index in [4.69, 9.17) is 12.2 Å². The van der Waals surface area contributed by atoms with E-state index in [1.165, 1.54) is 24.4 Å². The lowest BCUT2D eigenvalue weighted by Gasteiger charge is -2.12. The van der Waals surface area contributed by atoms with Gasteiger partial charge in [0.05, 0.1) is 5.69 Å². The van der Waals surface area contributed by atoms with Gasteiger partial charge in [-0.05, 0) is 37.2 Å². The summed E-state index contributed by atoms with van der Waals surface area (Å²) < 4.78 is 15.0. The van der Waals surface area contributed by atoms with E-state index >= 15 is 0 Å². The van der Waals surface area contributed by atoms with Gasteiger partial charge in [-0.1, -0.05) is 25.0 Å². The van der Waals surface area contributed by atoms with Crippen LogP contribution < -0.4 is 5.56 Å². The minimum atomic E-state index is -0.551. The molecule has 3 rings (SSSR count). The number of aromatic hydroxyl groups is 1. The van der Waals surface area contributed by atoms with Crippen LogP contribution >= 0.6 is 12.2 Å². The first-order valence-electron chi connectivity index (χ1n) is 7.44.